The summed E-state index contributed by atoms with van der Waals surface area (Å²) in [6.07, 6.45) is 0. The molecule has 0 spiro atoms. The van der Waals surface area contributed by atoms with Crippen molar-refractivity contribution in [1.82, 2.24) is 0 Å². The van der Waals surface area contributed by atoms with E-state index in [0.717, 1.165) is 11.1 Å². The molecule has 0 aliphatic rings. The van der Waals surface area contributed by atoms with Crippen LogP contribution < -0.4 is 0 Å². The lowest BCUT2D eigenvalue weighted by Gasteiger charge is -2.42. The molecule has 0 amide bonds. The minimum absolute atomic E-state index is 0.420. The normalized spacial score (nSPS) is 12.4. The molecule has 4 heteroatoms. The van der Waals surface area contributed by atoms with Crippen molar-refractivity contribution in [3.63, 3.8) is 0 Å². The number of hydrogen-bond donors (Lipinski definition) is 0. The van der Waals surface area contributed by atoms with Crippen LogP contribution in [0.5, 0.6) is 0 Å². The smallest absolute Gasteiger partial charge is 0.233 e. The van der Waals surface area contributed by atoms with Crippen LogP contribution in [0.1, 0.15) is 25.0 Å². The SMILES string of the molecule is CCOC(OCC)(c1ccccc1)C(Cl)(Cl)c1ccccc1. The second-order valence-electron chi connectivity index (χ2n) is 4.79. The van der Waals surface area contributed by atoms with Crippen LogP contribution in [0.15, 0.2) is 60.7 Å². The maximum absolute atomic E-state index is 6.79. The van der Waals surface area contributed by atoms with Crippen molar-refractivity contribution in [2.24, 2.45) is 0 Å². The lowest BCUT2D eigenvalue weighted by atomic mass is 9.96. The summed E-state index contributed by atoms with van der Waals surface area (Å²) in [7, 11) is 0. The first-order valence-corrected chi connectivity index (χ1v) is 8.11. The number of benzene rings is 2. The second-order valence-corrected chi connectivity index (χ2v) is 6.12. The molecular weight excluding hydrogens is 319 g/mol. The molecule has 0 saturated carbocycles. The minimum atomic E-state index is -1.39. The summed E-state index contributed by atoms with van der Waals surface area (Å²) in [4.78, 5) is 0. The summed E-state index contributed by atoms with van der Waals surface area (Å²) in [5, 5.41) is 0. The molecular formula is C18H20Cl2O2. The van der Waals surface area contributed by atoms with Gasteiger partial charge >= 0.3 is 0 Å². The highest BCUT2D eigenvalue weighted by molar-refractivity contribution is 6.48. The van der Waals surface area contributed by atoms with Crippen molar-refractivity contribution in [2.75, 3.05) is 13.2 Å². The van der Waals surface area contributed by atoms with Gasteiger partial charge in [0.05, 0.1) is 0 Å². The van der Waals surface area contributed by atoms with Crippen molar-refractivity contribution in [2.45, 2.75) is 24.0 Å². The zero-order chi connectivity index (χ0) is 16.1. The Labute approximate surface area is 142 Å². The van der Waals surface area contributed by atoms with Gasteiger partial charge in [-0.1, -0.05) is 83.9 Å². The maximum Gasteiger partial charge on any atom is 0.233 e. The molecule has 0 atom stereocenters. The molecule has 118 valence electrons. The van der Waals surface area contributed by atoms with Crippen LogP contribution in [0.2, 0.25) is 0 Å². The highest BCUT2D eigenvalue weighted by Crippen LogP contribution is 2.52. The quantitative estimate of drug-likeness (QED) is 0.507. The Kier molecular flexibility index (Phi) is 5.87. The molecule has 2 aromatic carbocycles. The molecule has 0 saturated heterocycles. The Balaban J connectivity index is 2.61. The predicted molar refractivity (Wildman–Crippen MR) is 91.2 cm³/mol. The first-order valence-electron chi connectivity index (χ1n) is 7.35. The Morgan fingerprint density at radius 2 is 1.14 bits per heavy atom. The highest BCUT2D eigenvalue weighted by Gasteiger charge is 2.54. The van der Waals surface area contributed by atoms with Crippen LogP contribution in [0.25, 0.3) is 0 Å². The first kappa shape index (κ1) is 17.3. The van der Waals surface area contributed by atoms with Gasteiger partial charge in [-0.05, 0) is 19.4 Å². The minimum Gasteiger partial charge on any atom is -0.344 e. The maximum atomic E-state index is 6.79. The van der Waals surface area contributed by atoms with E-state index in [4.69, 9.17) is 32.7 Å². The van der Waals surface area contributed by atoms with E-state index < -0.39 is 10.1 Å². The van der Waals surface area contributed by atoms with E-state index in [0.29, 0.717) is 13.2 Å². The molecule has 0 fully saturated rings. The van der Waals surface area contributed by atoms with Gasteiger partial charge in [0, 0.05) is 18.8 Å². The van der Waals surface area contributed by atoms with Gasteiger partial charge in [-0.15, -0.1) is 0 Å². The molecule has 0 bridgehead atoms. The van der Waals surface area contributed by atoms with E-state index >= 15 is 0 Å². The Morgan fingerprint density at radius 1 is 0.727 bits per heavy atom. The molecule has 22 heavy (non-hydrogen) atoms. The molecule has 0 N–H and O–H groups in total. The summed E-state index contributed by atoms with van der Waals surface area (Å²) in [5.74, 6) is -1.28. The van der Waals surface area contributed by atoms with E-state index in [-0.39, 0.29) is 0 Å². The van der Waals surface area contributed by atoms with Gasteiger partial charge in [0.2, 0.25) is 10.1 Å². The van der Waals surface area contributed by atoms with E-state index in [2.05, 4.69) is 0 Å². The van der Waals surface area contributed by atoms with Crippen molar-refractivity contribution < 1.29 is 9.47 Å². The molecule has 0 unspecified atom stereocenters. The van der Waals surface area contributed by atoms with Crippen LogP contribution in [0.3, 0.4) is 0 Å². The second kappa shape index (κ2) is 7.47. The van der Waals surface area contributed by atoms with Crippen LogP contribution in [0, 0.1) is 0 Å². The molecule has 2 aromatic rings. The van der Waals surface area contributed by atoms with Crippen molar-refractivity contribution in [3.05, 3.63) is 71.8 Å². The molecule has 0 heterocycles. The zero-order valence-corrected chi connectivity index (χ0v) is 14.3. The van der Waals surface area contributed by atoms with Crippen LogP contribution in [0.4, 0.5) is 0 Å². The zero-order valence-electron chi connectivity index (χ0n) is 12.8. The highest BCUT2D eigenvalue weighted by atomic mass is 35.5. The van der Waals surface area contributed by atoms with Gasteiger partial charge in [0.15, 0.2) is 0 Å². The molecule has 0 radical (unpaired) electrons. The van der Waals surface area contributed by atoms with Crippen molar-refractivity contribution in [1.29, 1.82) is 0 Å². The first-order chi connectivity index (χ1) is 10.6. The predicted octanol–water partition coefficient (Wildman–Crippen LogP) is 5.24. The largest absolute Gasteiger partial charge is 0.344 e. The molecule has 2 rings (SSSR count). The fourth-order valence-electron chi connectivity index (χ4n) is 2.47. The molecule has 2 nitrogen and oxygen atoms in total. The monoisotopic (exact) mass is 338 g/mol. The van der Waals surface area contributed by atoms with Crippen LogP contribution >= 0.6 is 23.2 Å². The third-order valence-corrected chi connectivity index (χ3v) is 4.33. The fraction of sp³-hybridized carbons (Fsp3) is 0.333. The lowest BCUT2D eigenvalue weighted by Crippen LogP contribution is -2.47. The summed E-state index contributed by atoms with van der Waals surface area (Å²) >= 11 is 13.6. The summed E-state index contributed by atoms with van der Waals surface area (Å²) in [6.45, 7) is 4.63. The summed E-state index contributed by atoms with van der Waals surface area (Å²) < 4.78 is 10.6. The van der Waals surface area contributed by atoms with Crippen LogP contribution in [-0.4, -0.2) is 13.2 Å². The van der Waals surface area contributed by atoms with Gasteiger partial charge in [0.1, 0.15) is 0 Å². The average Bonchev–Trinajstić information content (AvgIpc) is 2.56. The van der Waals surface area contributed by atoms with Crippen molar-refractivity contribution >= 4 is 23.2 Å². The van der Waals surface area contributed by atoms with Gasteiger partial charge in [-0.25, -0.2) is 0 Å². The Bertz CT molecular complexity index is 564. The average molecular weight is 339 g/mol. The van der Waals surface area contributed by atoms with Gasteiger partial charge < -0.3 is 9.47 Å². The third-order valence-electron chi connectivity index (χ3n) is 3.40. The topological polar surface area (TPSA) is 18.5 Å². The van der Waals surface area contributed by atoms with E-state index in [9.17, 15) is 0 Å². The summed E-state index contributed by atoms with van der Waals surface area (Å²) in [6, 6.07) is 19.0. The molecule has 0 aromatic heterocycles. The fourth-order valence-corrected chi connectivity index (χ4v) is 3.16. The summed E-state index contributed by atoms with van der Waals surface area (Å²) in [5.41, 5.74) is 1.51. The van der Waals surface area contributed by atoms with E-state index in [1.807, 2.05) is 74.5 Å². The number of alkyl halides is 2. The number of halogens is 2. The lowest BCUT2D eigenvalue weighted by molar-refractivity contribution is -0.253. The Morgan fingerprint density at radius 3 is 1.55 bits per heavy atom. The van der Waals surface area contributed by atoms with Crippen molar-refractivity contribution in [3.8, 4) is 0 Å². The molecule has 0 aliphatic heterocycles. The number of rotatable bonds is 7. The van der Waals surface area contributed by atoms with Gasteiger partial charge in [-0.3, -0.25) is 0 Å². The standard InChI is InChI=1S/C18H20Cl2O2/c1-3-21-18(22-4-2,16-13-9-6-10-14-16)17(19,20)15-11-7-5-8-12-15/h5-14H,3-4H2,1-2H3. The number of ether oxygens (including phenoxy) is 2. The van der Waals surface area contributed by atoms with Crippen LogP contribution in [-0.2, 0) is 19.6 Å². The van der Waals surface area contributed by atoms with E-state index in [1.165, 1.54) is 0 Å². The van der Waals surface area contributed by atoms with Gasteiger partial charge in [0.25, 0.3) is 0 Å². The third kappa shape index (κ3) is 3.16. The Hall–Kier alpha value is -1.06. The number of hydrogen-bond acceptors (Lipinski definition) is 2. The molecule has 0 aliphatic carbocycles. The van der Waals surface area contributed by atoms with E-state index in [1.54, 1.807) is 0 Å². The van der Waals surface area contributed by atoms with Gasteiger partial charge in [-0.2, -0.15) is 0 Å².